The van der Waals surface area contributed by atoms with Gasteiger partial charge in [0.2, 0.25) is 0 Å². The molecule has 0 unspecified atom stereocenters. The molecule has 3 aromatic rings. The Hall–Kier alpha value is -3.48. The minimum atomic E-state index is -0.131. The molecule has 158 valence electrons. The van der Waals surface area contributed by atoms with Crippen LogP contribution < -0.4 is 10.9 Å². The highest BCUT2D eigenvalue weighted by Crippen LogP contribution is 2.29. The van der Waals surface area contributed by atoms with Gasteiger partial charge in [0.15, 0.2) is 0 Å². The Labute approximate surface area is 180 Å². The van der Waals surface area contributed by atoms with E-state index < -0.39 is 0 Å². The molecule has 1 saturated carbocycles. The largest absolute Gasteiger partial charge is 0.322 e. The molecule has 0 saturated heterocycles. The molecule has 2 aliphatic rings. The Balaban J connectivity index is 1.32. The number of rotatable bonds is 3. The SMILES string of the molecule is Cc1cc(=O)n(C2CCCC2)nc1-c1ccc(NC(=O)N2Cc3ccncc3C2)cc1. The van der Waals surface area contributed by atoms with Gasteiger partial charge in [-0.1, -0.05) is 25.0 Å². The molecule has 3 heterocycles. The van der Waals surface area contributed by atoms with Crippen molar-refractivity contribution in [2.75, 3.05) is 5.32 Å². The van der Waals surface area contributed by atoms with Gasteiger partial charge < -0.3 is 10.2 Å². The summed E-state index contributed by atoms with van der Waals surface area (Å²) < 4.78 is 1.66. The van der Waals surface area contributed by atoms with Crippen LogP contribution in [0.4, 0.5) is 10.5 Å². The number of carbonyl (C=O) groups is 1. The van der Waals surface area contributed by atoms with Crippen molar-refractivity contribution in [1.29, 1.82) is 0 Å². The van der Waals surface area contributed by atoms with Crippen LogP contribution in [0.5, 0.6) is 0 Å². The van der Waals surface area contributed by atoms with Gasteiger partial charge in [-0.3, -0.25) is 9.78 Å². The molecule has 1 fully saturated rings. The summed E-state index contributed by atoms with van der Waals surface area (Å²) in [5, 5.41) is 7.67. The quantitative estimate of drug-likeness (QED) is 0.693. The number of hydrogen-bond donors (Lipinski definition) is 1. The lowest BCUT2D eigenvalue weighted by molar-refractivity contribution is 0.212. The van der Waals surface area contributed by atoms with E-state index in [1.165, 1.54) is 0 Å². The molecular formula is C24H25N5O2. The molecule has 31 heavy (non-hydrogen) atoms. The maximum atomic E-state index is 12.7. The van der Waals surface area contributed by atoms with E-state index in [1.807, 2.05) is 43.5 Å². The number of benzene rings is 1. The molecule has 7 heteroatoms. The number of nitrogens with one attached hydrogen (secondary N) is 1. The molecule has 1 aliphatic heterocycles. The normalized spacial score (nSPS) is 15.8. The molecule has 0 radical (unpaired) electrons. The molecule has 0 spiro atoms. The Morgan fingerprint density at radius 1 is 1.06 bits per heavy atom. The van der Waals surface area contributed by atoms with Gasteiger partial charge in [0.1, 0.15) is 0 Å². The predicted molar refractivity (Wildman–Crippen MR) is 119 cm³/mol. The summed E-state index contributed by atoms with van der Waals surface area (Å²) in [6.07, 6.45) is 7.89. The van der Waals surface area contributed by atoms with Crippen molar-refractivity contribution in [2.45, 2.75) is 51.7 Å². The van der Waals surface area contributed by atoms with Crippen molar-refractivity contribution in [3.63, 3.8) is 0 Å². The summed E-state index contributed by atoms with van der Waals surface area (Å²) in [7, 11) is 0. The third-order valence-electron chi connectivity index (χ3n) is 6.24. The lowest BCUT2D eigenvalue weighted by Gasteiger charge is -2.17. The van der Waals surface area contributed by atoms with Gasteiger partial charge in [-0.15, -0.1) is 0 Å². The maximum absolute atomic E-state index is 12.7. The van der Waals surface area contributed by atoms with Crippen LogP contribution in [0.2, 0.25) is 0 Å². The first-order chi connectivity index (χ1) is 15.1. The zero-order chi connectivity index (χ0) is 21.4. The van der Waals surface area contributed by atoms with Crippen molar-refractivity contribution in [2.24, 2.45) is 0 Å². The second-order valence-electron chi connectivity index (χ2n) is 8.40. The fourth-order valence-corrected chi connectivity index (χ4v) is 4.53. The summed E-state index contributed by atoms with van der Waals surface area (Å²) in [4.78, 5) is 31.0. The summed E-state index contributed by atoms with van der Waals surface area (Å²) >= 11 is 0. The minimum Gasteiger partial charge on any atom is -0.316 e. The second-order valence-corrected chi connectivity index (χ2v) is 8.40. The molecule has 1 aliphatic carbocycles. The number of aryl methyl sites for hydroxylation is 1. The fourth-order valence-electron chi connectivity index (χ4n) is 4.53. The number of hydrogen-bond acceptors (Lipinski definition) is 4. The maximum Gasteiger partial charge on any atom is 0.322 e. The number of fused-ring (bicyclic) bond motifs is 1. The highest BCUT2D eigenvalue weighted by molar-refractivity contribution is 5.90. The average molecular weight is 415 g/mol. The van der Waals surface area contributed by atoms with Crippen LogP contribution in [-0.4, -0.2) is 25.7 Å². The fraction of sp³-hybridized carbons (Fsp3) is 0.333. The van der Waals surface area contributed by atoms with Crippen LogP contribution >= 0.6 is 0 Å². The zero-order valence-corrected chi connectivity index (χ0v) is 17.5. The van der Waals surface area contributed by atoms with Gasteiger partial charge in [0.05, 0.1) is 11.7 Å². The Kier molecular flexibility index (Phi) is 5.02. The van der Waals surface area contributed by atoms with Gasteiger partial charge in [-0.2, -0.15) is 5.10 Å². The predicted octanol–water partition coefficient (Wildman–Crippen LogP) is 4.28. The lowest BCUT2D eigenvalue weighted by atomic mass is 10.1. The first kappa shape index (κ1) is 19.5. The first-order valence-corrected chi connectivity index (χ1v) is 10.8. The van der Waals surface area contributed by atoms with Crippen molar-refractivity contribution in [3.05, 3.63) is 75.8 Å². The van der Waals surface area contributed by atoms with E-state index in [1.54, 1.807) is 21.8 Å². The highest BCUT2D eigenvalue weighted by atomic mass is 16.2. The van der Waals surface area contributed by atoms with Crippen LogP contribution in [-0.2, 0) is 13.1 Å². The first-order valence-electron chi connectivity index (χ1n) is 10.8. The number of nitrogens with zero attached hydrogens (tertiary/aromatic N) is 4. The van der Waals surface area contributed by atoms with E-state index in [4.69, 9.17) is 5.10 Å². The molecule has 1 N–H and O–H groups in total. The molecule has 0 bridgehead atoms. The van der Waals surface area contributed by atoms with Crippen LogP contribution in [0.15, 0.2) is 53.6 Å². The van der Waals surface area contributed by atoms with Crippen molar-refractivity contribution < 1.29 is 4.79 Å². The number of anilines is 1. The Bertz CT molecular complexity index is 1150. The number of carbonyl (C=O) groups excluding carboxylic acids is 1. The van der Waals surface area contributed by atoms with Crippen molar-refractivity contribution >= 4 is 11.7 Å². The van der Waals surface area contributed by atoms with Crippen LogP contribution in [0.25, 0.3) is 11.3 Å². The van der Waals surface area contributed by atoms with Crippen LogP contribution in [0.3, 0.4) is 0 Å². The Morgan fingerprint density at radius 3 is 2.55 bits per heavy atom. The second kappa shape index (κ2) is 7.98. The summed E-state index contributed by atoms with van der Waals surface area (Å²) in [6, 6.07) is 11.3. The van der Waals surface area contributed by atoms with Crippen LogP contribution in [0.1, 0.15) is 48.4 Å². The van der Waals surface area contributed by atoms with Gasteiger partial charge in [-0.25, -0.2) is 9.48 Å². The summed E-state index contributed by atoms with van der Waals surface area (Å²) in [6.45, 7) is 3.07. The van der Waals surface area contributed by atoms with E-state index >= 15 is 0 Å². The standard InChI is InChI=1S/C24H25N5O2/c1-16-12-22(30)29(21-4-2-3-5-21)27-23(16)17-6-8-20(9-7-17)26-24(31)28-14-18-10-11-25-13-19(18)15-28/h6-13,21H,2-5,14-15H2,1H3,(H,26,31). The third-order valence-corrected chi connectivity index (χ3v) is 6.24. The number of pyridine rings is 1. The molecule has 0 atom stereocenters. The third kappa shape index (κ3) is 3.83. The van der Waals surface area contributed by atoms with Crippen molar-refractivity contribution in [1.82, 2.24) is 19.7 Å². The zero-order valence-electron chi connectivity index (χ0n) is 17.5. The van der Waals surface area contributed by atoms with E-state index in [-0.39, 0.29) is 17.6 Å². The molecule has 1 aromatic carbocycles. The van der Waals surface area contributed by atoms with Gasteiger partial charge in [-0.05, 0) is 54.7 Å². The molecule has 7 nitrogen and oxygen atoms in total. The average Bonchev–Trinajstić information content (AvgIpc) is 3.45. The molecule has 5 rings (SSSR count). The van der Waals surface area contributed by atoms with E-state index in [9.17, 15) is 9.59 Å². The monoisotopic (exact) mass is 415 g/mol. The van der Waals surface area contributed by atoms with Gasteiger partial charge in [0.25, 0.3) is 5.56 Å². The molecule has 2 amide bonds. The van der Waals surface area contributed by atoms with Crippen molar-refractivity contribution in [3.8, 4) is 11.3 Å². The smallest absolute Gasteiger partial charge is 0.316 e. The van der Waals surface area contributed by atoms with E-state index in [2.05, 4.69) is 10.3 Å². The number of amides is 2. The van der Waals surface area contributed by atoms with Gasteiger partial charge >= 0.3 is 6.03 Å². The number of aromatic nitrogens is 3. The summed E-state index contributed by atoms with van der Waals surface area (Å²) in [5.74, 6) is 0. The highest BCUT2D eigenvalue weighted by Gasteiger charge is 2.23. The summed E-state index contributed by atoms with van der Waals surface area (Å²) in [5.41, 5.74) is 5.53. The van der Waals surface area contributed by atoms with Crippen LogP contribution in [0, 0.1) is 6.92 Å². The van der Waals surface area contributed by atoms with E-state index in [0.717, 1.165) is 59.3 Å². The van der Waals surface area contributed by atoms with E-state index in [0.29, 0.717) is 13.1 Å². The molecule has 2 aromatic heterocycles. The Morgan fingerprint density at radius 2 is 1.81 bits per heavy atom. The topological polar surface area (TPSA) is 80.1 Å². The number of urea groups is 1. The lowest BCUT2D eigenvalue weighted by Crippen LogP contribution is -2.30. The minimum absolute atomic E-state index is 0.0288. The molecular weight excluding hydrogens is 390 g/mol. The van der Waals surface area contributed by atoms with Gasteiger partial charge in [0, 0.05) is 42.8 Å².